The average Bonchev–Trinajstić information content (AvgIpc) is 3.19. The molecule has 1 aliphatic rings. The Morgan fingerprint density at radius 2 is 1.13 bits per heavy atom. The third-order valence-electron chi connectivity index (χ3n) is 11.1. The number of aromatic hydroxyl groups is 2. The van der Waals surface area contributed by atoms with Gasteiger partial charge in [-0.1, -0.05) is 84.9 Å². The molecule has 0 aliphatic carbocycles. The summed E-state index contributed by atoms with van der Waals surface area (Å²) in [5.74, 6) is 2.04. The fourth-order valence-corrected chi connectivity index (χ4v) is 7.93. The third-order valence-corrected chi connectivity index (χ3v) is 11.1. The van der Waals surface area contributed by atoms with Crippen LogP contribution in [0.15, 0.2) is 140 Å². The molecule has 0 fully saturated rings. The third kappa shape index (κ3) is 6.90. The Kier molecular flexibility index (Phi) is 9.32. The SMILES string of the molecule is Cc1ccc(C)c(N(C)c2ccc3c(c2)Oc2cc(N(C)c4cc(Cc5ccc(-c6cc(O)ccc6O)cc5)ccc4C)ccc2[C@@H]3c2ccccc2C)c1. The normalized spacial score (nSPS) is 13.1. The molecule has 0 amide bonds. The molecule has 5 heteroatoms. The van der Waals surface area contributed by atoms with Crippen LogP contribution in [0.2, 0.25) is 0 Å². The van der Waals surface area contributed by atoms with Crippen LogP contribution in [0.5, 0.6) is 23.0 Å². The Bertz CT molecular complexity index is 2560. The van der Waals surface area contributed by atoms with Crippen molar-refractivity contribution in [1.82, 2.24) is 0 Å². The van der Waals surface area contributed by atoms with Crippen LogP contribution in [0.4, 0.5) is 22.7 Å². The van der Waals surface area contributed by atoms with E-state index >= 15 is 0 Å². The Morgan fingerprint density at radius 1 is 0.527 bits per heavy atom. The zero-order valence-electron chi connectivity index (χ0n) is 32.3. The number of ether oxygens (including phenoxy) is 1. The van der Waals surface area contributed by atoms with Crippen molar-refractivity contribution in [2.75, 3.05) is 23.9 Å². The van der Waals surface area contributed by atoms with Crippen LogP contribution in [0.25, 0.3) is 11.1 Å². The largest absolute Gasteiger partial charge is 0.508 e. The highest BCUT2D eigenvalue weighted by molar-refractivity contribution is 5.74. The van der Waals surface area contributed by atoms with Crippen molar-refractivity contribution in [3.8, 4) is 34.1 Å². The van der Waals surface area contributed by atoms with Gasteiger partial charge in [0.15, 0.2) is 0 Å². The Morgan fingerprint density at radius 3 is 1.78 bits per heavy atom. The zero-order valence-corrected chi connectivity index (χ0v) is 32.3. The molecule has 0 saturated heterocycles. The van der Waals surface area contributed by atoms with Gasteiger partial charge in [-0.05, 0) is 121 Å². The summed E-state index contributed by atoms with van der Waals surface area (Å²) in [6.45, 7) is 8.64. The lowest BCUT2D eigenvalue weighted by Gasteiger charge is -2.32. The summed E-state index contributed by atoms with van der Waals surface area (Å²) in [5, 5.41) is 20.3. The second-order valence-electron chi connectivity index (χ2n) is 14.9. The number of phenolic OH excluding ortho intramolecular Hbond substituents is 2. The van der Waals surface area contributed by atoms with Gasteiger partial charge in [0.05, 0.1) is 0 Å². The molecule has 5 nitrogen and oxygen atoms in total. The minimum Gasteiger partial charge on any atom is -0.508 e. The molecule has 2 N–H and O–H groups in total. The topological polar surface area (TPSA) is 56.2 Å². The molecule has 1 heterocycles. The summed E-state index contributed by atoms with van der Waals surface area (Å²) in [5.41, 5.74) is 16.7. The predicted octanol–water partition coefficient (Wildman–Crippen LogP) is 12.4. The van der Waals surface area contributed by atoms with E-state index in [-0.39, 0.29) is 17.4 Å². The van der Waals surface area contributed by atoms with Gasteiger partial charge in [0.25, 0.3) is 0 Å². The van der Waals surface area contributed by atoms with E-state index in [9.17, 15) is 10.2 Å². The lowest BCUT2D eigenvalue weighted by atomic mass is 9.80. The fourth-order valence-electron chi connectivity index (χ4n) is 7.93. The van der Waals surface area contributed by atoms with Gasteiger partial charge in [0.2, 0.25) is 0 Å². The average molecular weight is 723 g/mol. The molecule has 0 aromatic heterocycles. The highest BCUT2D eigenvalue weighted by atomic mass is 16.5. The van der Waals surface area contributed by atoms with E-state index in [4.69, 9.17) is 4.74 Å². The van der Waals surface area contributed by atoms with Crippen molar-refractivity contribution in [2.45, 2.75) is 40.0 Å². The van der Waals surface area contributed by atoms with Crippen molar-refractivity contribution >= 4 is 22.7 Å². The van der Waals surface area contributed by atoms with Crippen LogP contribution in [-0.2, 0) is 6.42 Å². The molecule has 0 unspecified atom stereocenters. The lowest BCUT2D eigenvalue weighted by Crippen LogP contribution is -2.16. The van der Waals surface area contributed by atoms with E-state index in [0.29, 0.717) is 5.56 Å². The summed E-state index contributed by atoms with van der Waals surface area (Å²) in [6, 6.07) is 47.9. The maximum atomic E-state index is 10.3. The standard InChI is InChI=1S/C50H46N2O3/c1-31-11-12-33(3)45(25-31)51(5)38-19-22-42-48(28-38)55-49-29-39(20-23-43(49)50(42)41-10-8-7-9-32(41)2)52(6)46-27-36(14-13-34(46)4)26-35-15-17-37(18-16-35)44-30-40(53)21-24-47(44)54/h7-25,27-30,50,53-54H,26H2,1-6H3/t50-/m1/s1. The van der Waals surface area contributed by atoms with Gasteiger partial charge in [-0.25, -0.2) is 0 Å². The van der Waals surface area contributed by atoms with E-state index in [1.165, 1.54) is 51.2 Å². The van der Waals surface area contributed by atoms with Gasteiger partial charge in [-0.15, -0.1) is 0 Å². The summed E-state index contributed by atoms with van der Waals surface area (Å²) in [6.07, 6.45) is 0.758. The number of aryl methyl sites for hydroxylation is 4. The molecule has 0 saturated carbocycles. The van der Waals surface area contributed by atoms with E-state index in [1.54, 1.807) is 6.07 Å². The molecule has 8 rings (SSSR count). The van der Waals surface area contributed by atoms with Gasteiger partial charge < -0.3 is 24.7 Å². The summed E-state index contributed by atoms with van der Waals surface area (Å²) >= 11 is 0. The van der Waals surface area contributed by atoms with Gasteiger partial charge in [0, 0.05) is 71.6 Å². The number of hydrogen-bond donors (Lipinski definition) is 2. The van der Waals surface area contributed by atoms with Crippen LogP contribution in [0, 0.1) is 27.7 Å². The van der Waals surface area contributed by atoms with Gasteiger partial charge in [-0.2, -0.15) is 0 Å². The monoisotopic (exact) mass is 722 g/mol. The van der Waals surface area contributed by atoms with E-state index < -0.39 is 0 Å². The second kappa shape index (κ2) is 14.4. The highest BCUT2D eigenvalue weighted by Gasteiger charge is 2.31. The summed E-state index contributed by atoms with van der Waals surface area (Å²) < 4.78 is 6.88. The minimum absolute atomic E-state index is 0.0346. The Balaban J connectivity index is 1.11. The molecular formula is C50H46N2O3. The first-order valence-corrected chi connectivity index (χ1v) is 18.8. The number of anilines is 4. The minimum atomic E-state index is 0.0346. The Labute approximate surface area is 324 Å². The fraction of sp³-hybridized carbons (Fsp3) is 0.160. The van der Waals surface area contributed by atoms with Gasteiger partial charge >= 0.3 is 0 Å². The smallest absolute Gasteiger partial charge is 0.133 e. The highest BCUT2D eigenvalue weighted by Crippen LogP contribution is 2.50. The number of benzene rings is 7. The zero-order chi connectivity index (χ0) is 38.4. The molecule has 274 valence electrons. The van der Waals surface area contributed by atoms with Gasteiger partial charge in [-0.3, -0.25) is 0 Å². The molecule has 7 aromatic rings. The number of fused-ring (bicyclic) bond motifs is 2. The number of hydrogen-bond acceptors (Lipinski definition) is 5. The van der Waals surface area contributed by atoms with Crippen molar-refractivity contribution in [3.63, 3.8) is 0 Å². The molecule has 55 heavy (non-hydrogen) atoms. The number of phenols is 2. The van der Waals surface area contributed by atoms with Crippen LogP contribution in [0.3, 0.4) is 0 Å². The molecule has 0 spiro atoms. The molecule has 0 bridgehead atoms. The van der Waals surface area contributed by atoms with Crippen LogP contribution in [-0.4, -0.2) is 24.3 Å². The summed E-state index contributed by atoms with van der Waals surface area (Å²) in [4.78, 5) is 4.50. The molecule has 1 atom stereocenters. The van der Waals surface area contributed by atoms with Crippen molar-refractivity contribution in [1.29, 1.82) is 0 Å². The first kappa shape index (κ1) is 35.6. The summed E-state index contributed by atoms with van der Waals surface area (Å²) in [7, 11) is 4.25. The van der Waals surface area contributed by atoms with Crippen LogP contribution < -0.4 is 14.5 Å². The molecular weight excluding hydrogens is 677 g/mol. The maximum absolute atomic E-state index is 10.3. The van der Waals surface area contributed by atoms with Crippen LogP contribution in [0.1, 0.15) is 56.0 Å². The molecule has 7 aromatic carbocycles. The second-order valence-corrected chi connectivity index (χ2v) is 14.9. The van der Waals surface area contributed by atoms with Crippen LogP contribution >= 0.6 is 0 Å². The first-order valence-electron chi connectivity index (χ1n) is 18.8. The quantitative estimate of drug-likeness (QED) is 0.153. The molecule has 0 radical (unpaired) electrons. The van der Waals surface area contributed by atoms with E-state index in [1.807, 2.05) is 12.1 Å². The lowest BCUT2D eigenvalue weighted by molar-refractivity contribution is 0.453. The first-order chi connectivity index (χ1) is 26.5. The Hall–Kier alpha value is -6.46. The van der Waals surface area contributed by atoms with Crippen molar-refractivity contribution in [3.05, 3.63) is 190 Å². The maximum Gasteiger partial charge on any atom is 0.133 e. The van der Waals surface area contributed by atoms with Crippen molar-refractivity contribution < 1.29 is 14.9 Å². The van der Waals surface area contributed by atoms with E-state index in [0.717, 1.165) is 57.2 Å². The van der Waals surface area contributed by atoms with E-state index in [2.05, 4.69) is 161 Å². The number of nitrogens with zero attached hydrogens (tertiary/aromatic N) is 2. The predicted molar refractivity (Wildman–Crippen MR) is 226 cm³/mol. The van der Waals surface area contributed by atoms with Crippen molar-refractivity contribution in [2.24, 2.45) is 0 Å². The van der Waals surface area contributed by atoms with Gasteiger partial charge in [0.1, 0.15) is 23.0 Å². The number of rotatable bonds is 8. The molecule has 1 aliphatic heterocycles.